The molecule has 1 aliphatic rings. The topological polar surface area (TPSA) is 20.3 Å². The number of hydrogen-bond donors (Lipinski definition) is 0. The van der Waals surface area contributed by atoms with Crippen LogP contribution in [0.5, 0.6) is 0 Å². The Bertz CT molecular complexity index is 641. The largest absolute Gasteiger partial charge is 0.311 e. The average Bonchev–Trinajstić information content (AvgIpc) is 2.59. The Morgan fingerprint density at radius 1 is 1.14 bits per heavy atom. The molecule has 0 fully saturated rings. The summed E-state index contributed by atoms with van der Waals surface area (Å²) in [6.07, 6.45) is 2.13. The molecule has 0 unspecified atom stereocenters. The molecule has 1 heterocycles. The summed E-state index contributed by atoms with van der Waals surface area (Å²) in [6.45, 7) is 2.86. The van der Waals surface area contributed by atoms with E-state index in [0.29, 0.717) is 0 Å². The third-order valence-corrected chi connectivity index (χ3v) is 5.27. The van der Waals surface area contributed by atoms with E-state index in [4.69, 9.17) is 0 Å². The SMILES string of the molecule is C[C@H](SCc1ccccc1)C(=O)N1CCCc2ccccc21. The lowest BCUT2D eigenvalue weighted by molar-refractivity contribution is -0.117. The monoisotopic (exact) mass is 311 g/mol. The number of hydrogen-bond acceptors (Lipinski definition) is 2. The summed E-state index contributed by atoms with van der Waals surface area (Å²) in [5, 5.41) is -0.0219. The predicted octanol–water partition coefficient (Wildman–Crippen LogP) is 4.29. The quantitative estimate of drug-likeness (QED) is 0.839. The maximum absolute atomic E-state index is 12.8. The third kappa shape index (κ3) is 3.36. The number of rotatable bonds is 4. The molecule has 0 aromatic heterocycles. The van der Waals surface area contributed by atoms with Crippen LogP contribution >= 0.6 is 11.8 Å². The molecule has 1 amide bonds. The van der Waals surface area contributed by atoms with Crippen molar-refractivity contribution < 1.29 is 4.79 Å². The van der Waals surface area contributed by atoms with E-state index in [1.165, 1.54) is 11.1 Å². The minimum Gasteiger partial charge on any atom is -0.311 e. The fourth-order valence-corrected chi connectivity index (χ4v) is 3.75. The summed E-state index contributed by atoms with van der Waals surface area (Å²) >= 11 is 1.71. The average molecular weight is 311 g/mol. The summed E-state index contributed by atoms with van der Waals surface area (Å²) in [4.78, 5) is 14.8. The van der Waals surface area contributed by atoms with Gasteiger partial charge in [-0.1, -0.05) is 48.5 Å². The standard InChI is InChI=1S/C19H21NOS/c1-15(22-14-16-8-3-2-4-9-16)19(21)20-13-7-11-17-10-5-6-12-18(17)20/h2-6,8-10,12,15H,7,11,13-14H2,1H3/t15-/m0/s1. The van der Waals surface area contributed by atoms with Crippen LogP contribution < -0.4 is 4.90 Å². The highest BCUT2D eigenvalue weighted by Gasteiger charge is 2.26. The highest BCUT2D eigenvalue weighted by Crippen LogP contribution is 2.29. The number of para-hydroxylation sites is 1. The molecule has 2 aromatic carbocycles. The van der Waals surface area contributed by atoms with Crippen molar-refractivity contribution in [3.05, 3.63) is 65.7 Å². The number of fused-ring (bicyclic) bond motifs is 1. The van der Waals surface area contributed by atoms with Crippen molar-refractivity contribution in [3.8, 4) is 0 Å². The molecule has 2 aromatic rings. The van der Waals surface area contributed by atoms with Crippen molar-refractivity contribution in [2.75, 3.05) is 11.4 Å². The van der Waals surface area contributed by atoms with Crippen LogP contribution in [-0.4, -0.2) is 17.7 Å². The number of amides is 1. The van der Waals surface area contributed by atoms with Crippen LogP contribution in [0, 0.1) is 0 Å². The smallest absolute Gasteiger partial charge is 0.239 e. The van der Waals surface area contributed by atoms with Crippen LogP contribution in [-0.2, 0) is 17.0 Å². The van der Waals surface area contributed by atoms with E-state index in [9.17, 15) is 4.79 Å². The summed E-state index contributed by atoms with van der Waals surface area (Å²) in [6, 6.07) is 18.6. The minimum absolute atomic E-state index is 0.0219. The van der Waals surface area contributed by atoms with Gasteiger partial charge in [-0.2, -0.15) is 0 Å². The molecule has 22 heavy (non-hydrogen) atoms. The molecule has 0 aliphatic carbocycles. The van der Waals surface area contributed by atoms with Crippen molar-refractivity contribution in [1.29, 1.82) is 0 Å². The Hall–Kier alpha value is -1.74. The maximum atomic E-state index is 12.8. The molecule has 114 valence electrons. The zero-order chi connectivity index (χ0) is 15.4. The molecular formula is C19H21NOS. The minimum atomic E-state index is -0.0219. The van der Waals surface area contributed by atoms with Crippen LogP contribution in [0.15, 0.2) is 54.6 Å². The molecule has 1 aliphatic heterocycles. The summed E-state index contributed by atoms with van der Waals surface area (Å²) in [5.41, 5.74) is 3.67. The van der Waals surface area contributed by atoms with E-state index in [1.54, 1.807) is 11.8 Å². The van der Waals surface area contributed by atoms with Gasteiger partial charge in [-0.15, -0.1) is 11.8 Å². The second-order valence-electron chi connectivity index (χ2n) is 5.66. The molecule has 3 rings (SSSR count). The molecule has 0 N–H and O–H groups in total. The van der Waals surface area contributed by atoms with Crippen molar-refractivity contribution in [2.45, 2.75) is 30.8 Å². The maximum Gasteiger partial charge on any atom is 0.239 e. The fourth-order valence-electron chi connectivity index (χ4n) is 2.85. The van der Waals surface area contributed by atoms with Gasteiger partial charge in [-0.05, 0) is 37.0 Å². The van der Waals surface area contributed by atoms with E-state index in [0.717, 1.165) is 30.8 Å². The Labute approximate surface area is 136 Å². The van der Waals surface area contributed by atoms with E-state index in [1.807, 2.05) is 36.1 Å². The summed E-state index contributed by atoms with van der Waals surface area (Å²) in [7, 11) is 0. The lowest BCUT2D eigenvalue weighted by atomic mass is 10.0. The Morgan fingerprint density at radius 3 is 2.68 bits per heavy atom. The highest BCUT2D eigenvalue weighted by atomic mass is 32.2. The van der Waals surface area contributed by atoms with E-state index < -0.39 is 0 Å². The Morgan fingerprint density at radius 2 is 1.86 bits per heavy atom. The van der Waals surface area contributed by atoms with Crippen LogP contribution in [0.3, 0.4) is 0 Å². The van der Waals surface area contributed by atoms with Crippen molar-refractivity contribution in [3.63, 3.8) is 0 Å². The second kappa shape index (κ2) is 7.01. The first kappa shape index (κ1) is 15.2. The number of carbonyl (C=O) groups excluding carboxylic acids is 1. The molecule has 0 saturated carbocycles. The molecule has 2 nitrogen and oxygen atoms in total. The van der Waals surface area contributed by atoms with Crippen LogP contribution in [0.25, 0.3) is 0 Å². The Balaban J connectivity index is 1.66. The van der Waals surface area contributed by atoms with Gasteiger partial charge in [0.05, 0.1) is 5.25 Å². The van der Waals surface area contributed by atoms with Crippen molar-refractivity contribution >= 4 is 23.4 Å². The molecule has 0 saturated heterocycles. The second-order valence-corrected chi connectivity index (χ2v) is 6.99. The normalized spacial score (nSPS) is 15.2. The zero-order valence-corrected chi connectivity index (χ0v) is 13.7. The molecule has 0 radical (unpaired) electrons. The zero-order valence-electron chi connectivity index (χ0n) is 12.9. The molecule has 0 spiro atoms. The first-order valence-corrected chi connectivity index (χ1v) is 8.85. The fraction of sp³-hybridized carbons (Fsp3) is 0.316. The lowest BCUT2D eigenvalue weighted by Crippen LogP contribution is -2.40. The molecule has 1 atom stereocenters. The first-order valence-electron chi connectivity index (χ1n) is 7.80. The van der Waals surface area contributed by atoms with Gasteiger partial charge < -0.3 is 4.90 Å². The number of nitrogens with zero attached hydrogens (tertiary/aromatic N) is 1. The van der Waals surface area contributed by atoms with Gasteiger partial charge in [0, 0.05) is 18.0 Å². The van der Waals surface area contributed by atoms with Crippen LogP contribution in [0.2, 0.25) is 0 Å². The third-order valence-electron chi connectivity index (χ3n) is 4.07. The van der Waals surface area contributed by atoms with Gasteiger partial charge in [0.15, 0.2) is 0 Å². The molecular weight excluding hydrogens is 290 g/mol. The van der Waals surface area contributed by atoms with Crippen molar-refractivity contribution in [2.24, 2.45) is 0 Å². The van der Waals surface area contributed by atoms with Crippen molar-refractivity contribution in [1.82, 2.24) is 0 Å². The molecule has 3 heteroatoms. The van der Waals surface area contributed by atoms with Gasteiger partial charge >= 0.3 is 0 Å². The van der Waals surface area contributed by atoms with Gasteiger partial charge in [0.2, 0.25) is 5.91 Å². The number of carbonyl (C=O) groups is 1. The first-order chi connectivity index (χ1) is 10.8. The van der Waals surface area contributed by atoms with Gasteiger partial charge in [-0.25, -0.2) is 0 Å². The lowest BCUT2D eigenvalue weighted by Gasteiger charge is -2.31. The van der Waals surface area contributed by atoms with E-state index in [2.05, 4.69) is 30.3 Å². The number of thioether (sulfide) groups is 1. The number of anilines is 1. The van der Waals surface area contributed by atoms with Gasteiger partial charge in [-0.3, -0.25) is 4.79 Å². The van der Waals surface area contributed by atoms with Crippen LogP contribution in [0.4, 0.5) is 5.69 Å². The molecule has 0 bridgehead atoms. The number of benzene rings is 2. The Kier molecular flexibility index (Phi) is 4.84. The summed E-state index contributed by atoms with van der Waals surface area (Å²) < 4.78 is 0. The van der Waals surface area contributed by atoms with Gasteiger partial charge in [0.25, 0.3) is 0 Å². The highest BCUT2D eigenvalue weighted by molar-refractivity contribution is 7.99. The number of aryl methyl sites for hydroxylation is 1. The van der Waals surface area contributed by atoms with Gasteiger partial charge in [0.1, 0.15) is 0 Å². The predicted molar refractivity (Wildman–Crippen MR) is 94.3 cm³/mol. The summed E-state index contributed by atoms with van der Waals surface area (Å²) in [5.74, 6) is 1.11. The van der Waals surface area contributed by atoms with Crippen LogP contribution in [0.1, 0.15) is 24.5 Å². The van der Waals surface area contributed by atoms with E-state index >= 15 is 0 Å². The van der Waals surface area contributed by atoms with E-state index in [-0.39, 0.29) is 11.2 Å².